The largest absolute Gasteiger partial charge is 0.508 e. The van der Waals surface area contributed by atoms with Crippen molar-refractivity contribution in [3.63, 3.8) is 0 Å². The summed E-state index contributed by atoms with van der Waals surface area (Å²) < 4.78 is 0. The third-order valence-electron chi connectivity index (χ3n) is 4.86. The maximum absolute atomic E-state index is 10.1. The Labute approximate surface area is 126 Å². The molecule has 2 aliphatic rings. The third kappa shape index (κ3) is 2.80. The highest BCUT2D eigenvalue weighted by molar-refractivity contribution is 6.30. The van der Waals surface area contributed by atoms with Crippen molar-refractivity contribution >= 4 is 11.6 Å². The molecule has 1 aromatic carbocycles. The average Bonchev–Trinajstić information content (AvgIpc) is 2.48. The van der Waals surface area contributed by atoms with Gasteiger partial charge in [-0.3, -0.25) is 9.80 Å². The van der Waals surface area contributed by atoms with E-state index in [1.54, 1.807) is 12.1 Å². The van der Waals surface area contributed by atoms with Crippen LogP contribution in [-0.2, 0) is 0 Å². The van der Waals surface area contributed by atoms with Crippen LogP contribution >= 0.6 is 11.6 Å². The van der Waals surface area contributed by atoms with Crippen molar-refractivity contribution in [2.75, 3.05) is 26.2 Å². The number of phenols is 1. The van der Waals surface area contributed by atoms with Gasteiger partial charge in [-0.1, -0.05) is 18.0 Å². The maximum atomic E-state index is 10.1. The van der Waals surface area contributed by atoms with Crippen LogP contribution in [0.3, 0.4) is 0 Å². The fraction of sp³-hybridized carbons (Fsp3) is 0.625. The zero-order valence-electron chi connectivity index (χ0n) is 12.1. The Balaban J connectivity index is 1.74. The topological polar surface area (TPSA) is 26.7 Å². The molecule has 3 rings (SSSR count). The van der Waals surface area contributed by atoms with E-state index in [0.717, 1.165) is 25.2 Å². The van der Waals surface area contributed by atoms with Gasteiger partial charge >= 0.3 is 0 Å². The Kier molecular flexibility index (Phi) is 4.20. The van der Waals surface area contributed by atoms with E-state index in [0.29, 0.717) is 16.8 Å². The smallest absolute Gasteiger partial charge is 0.120 e. The molecule has 0 bridgehead atoms. The Bertz CT molecular complexity index is 480. The highest BCUT2D eigenvalue weighted by atomic mass is 35.5. The molecule has 2 saturated heterocycles. The number of aromatic hydroxyl groups is 1. The molecule has 0 aliphatic carbocycles. The maximum Gasteiger partial charge on any atom is 0.120 e. The lowest BCUT2D eigenvalue weighted by atomic mass is 9.97. The molecule has 20 heavy (non-hydrogen) atoms. The highest BCUT2D eigenvalue weighted by Crippen LogP contribution is 2.33. The van der Waals surface area contributed by atoms with Crippen LogP contribution in [0, 0.1) is 0 Å². The molecule has 4 heteroatoms. The summed E-state index contributed by atoms with van der Waals surface area (Å²) in [5.74, 6) is 0.355. The second-order valence-electron chi connectivity index (χ2n) is 6.06. The van der Waals surface area contributed by atoms with Crippen molar-refractivity contribution in [1.29, 1.82) is 0 Å². The van der Waals surface area contributed by atoms with Gasteiger partial charge < -0.3 is 5.11 Å². The van der Waals surface area contributed by atoms with Gasteiger partial charge in [0.1, 0.15) is 5.75 Å². The number of halogens is 1. The van der Waals surface area contributed by atoms with Crippen molar-refractivity contribution in [3.8, 4) is 5.75 Å². The lowest BCUT2D eigenvalue weighted by molar-refractivity contribution is 0.0303. The van der Waals surface area contributed by atoms with Gasteiger partial charge in [0.15, 0.2) is 0 Å². The quantitative estimate of drug-likeness (QED) is 0.907. The van der Waals surface area contributed by atoms with Crippen LogP contribution in [0.4, 0.5) is 0 Å². The van der Waals surface area contributed by atoms with Gasteiger partial charge in [-0.05, 0) is 44.5 Å². The lowest BCUT2D eigenvalue weighted by Crippen LogP contribution is -2.55. The van der Waals surface area contributed by atoms with E-state index in [1.807, 2.05) is 6.07 Å². The molecule has 3 nitrogen and oxygen atoms in total. The Morgan fingerprint density at radius 3 is 2.95 bits per heavy atom. The standard InChI is InChI=1S/C16H23ClN2O/c1-12(15-10-13(17)5-6-16(15)20)19-9-8-18-7-3-2-4-14(18)11-19/h5-6,10,12,14,20H,2-4,7-9,11H2,1H3. The van der Waals surface area contributed by atoms with Gasteiger partial charge in [0.2, 0.25) is 0 Å². The number of phenolic OH excluding ortho intramolecular Hbond substituents is 1. The summed E-state index contributed by atoms with van der Waals surface area (Å²) in [5.41, 5.74) is 0.946. The summed E-state index contributed by atoms with van der Waals surface area (Å²) in [7, 11) is 0. The van der Waals surface area contributed by atoms with Crippen LogP contribution in [0.2, 0.25) is 5.02 Å². The number of hydrogen-bond acceptors (Lipinski definition) is 3. The Morgan fingerprint density at radius 1 is 1.25 bits per heavy atom. The van der Waals surface area contributed by atoms with Crippen molar-refractivity contribution in [2.45, 2.75) is 38.3 Å². The third-order valence-corrected chi connectivity index (χ3v) is 5.09. The van der Waals surface area contributed by atoms with Crippen LogP contribution < -0.4 is 0 Å². The van der Waals surface area contributed by atoms with Gasteiger partial charge in [0.05, 0.1) is 0 Å². The first-order valence-corrected chi connectivity index (χ1v) is 7.99. The summed E-state index contributed by atoms with van der Waals surface area (Å²) >= 11 is 6.07. The van der Waals surface area contributed by atoms with E-state index in [4.69, 9.17) is 11.6 Å². The van der Waals surface area contributed by atoms with E-state index in [2.05, 4.69) is 16.7 Å². The summed E-state index contributed by atoms with van der Waals surface area (Å²) in [6, 6.07) is 6.26. The molecular weight excluding hydrogens is 272 g/mol. The Morgan fingerprint density at radius 2 is 2.10 bits per heavy atom. The molecule has 2 unspecified atom stereocenters. The number of benzene rings is 1. The summed E-state index contributed by atoms with van der Waals surface area (Å²) in [5, 5.41) is 10.8. The molecule has 0 aromatic heterocycles. The van der Waals surface area contributed by atoms with Crippen molar-refractivity contribution in [1.82, 2.24) is 9.80 Å². The fourth-order valence-electron chi connectivity index (χ4n) is 3.59. The summed E-state index contributed by atoms with van der Waals surface area (Å²) in [6.45, 7) is 6.76. The van der Waals surface area contributed by atoms with Gasteiger partial charge in [-0.15, -0.1) is 0 Å². The predicted molar refractivity (Wildman–Crippen MR) is 82.3 cm³/mol. The van der Waals surface area contributed by atoms with Gasteiger partial charge in [0.25, 0.3) is 0 Å². The van der Waals surface area contributed by atoms with Crippen LogP contribution in [-0.4, -0.2) is 47.1 Å². The van der Waals surface area contributed by atoms with E-state index in [9.17, 15) is 5.11 Å². The molecule has 2 atom stereocenters. The van der Waals surface area contributed by atoms with E-state index >= 15 is 0 Å². The molecule has 1 N–H and O–H groups in total. The highest BCUT2D eigenvalue weighted by Gasteiger charge is 2.31. The minimum atomic E-state index is 0.220. The second kappa shape index (κ2) is 5.92. The zero-order valence-corrected chi connectivity index (χ0v) is 12.8. The van der Waals surface area contributed by atoms with Gasteiger partial charge in [-0.2, -0.15) is 0 Å². The van der Waals surface area contributed by atoms with Crippen LogP contribution in [0.15, 0.2) is 18.2 Å². The molecule has 2 heterocycles. The zero-order chi connectivity index (χ0) is 14.1. The van der Waals surface area contributed by atoms with E-state index in [-0.39, 0.29) is 6.04 Å². The van der Waals surface area contributed by atoms with Crippen molar-refractivity contribution in [3.05, 3.63) is 28.8 Å². The summed E-state index contributed by atoms with van der Waals surface area (Å²) in [6.07, 6.45) is 4.01. The number of piperidine rings is 1. The van der Waals surface area contributed by atoms with Crippen LogP contribution in [0.1, 0.15) is 37.8 Å². The normalized spacial score (nSPS) is 26.2. The molecule has 110 valence electrons. The van der Waals surface area contributed by atoms with Crippen molar-refractivity contribution in [2.24, 2.45) is 0 Å². The monoisotopic (exact) mass is 294 g/mol. The van der Waals surface area contributed by atoms with Crippen LogP contribution in [0.5, 0.6) is 5.75 Å². The number of nitrogens with zero attached hydrogens (tertiary/aromatic N) is 2. The van der Waals surface area contributed by atoms with Crippen molar-refractivity contribution < 1.29 is 5.11 Å². The van der Waals surface area contributed by atoms with Gasteiger partial charge in [0, 0.05) is 42.3 Å². The molecule has 1 aromatic rings. The van der Waals surface area contributed by atoms with Gasteiger partial charge in [-0.25, -0.2) is 0 Å². The second-order valence-corrected chi connectivity index (χ2v) is 6.50. The first-order valence-electron chi connectivity index (χ1n) is 7.61. The average molecular weight is 295 g/mol. The molecule has 0 radical (unpaired) electrons. The minimum absolute atomic E-state index is 0.220. The molecule has 0 saturated carbocycles. The fourth-order valence-corrected chi connectivity index (χ4v) is 3.77. The minimum Gasteiger partial charge on any atom is -0.508 e. The number of piperazine rings is 1. The molecular formula is C16H23ClN2O. The first-order chi connectivity index (χ1) is 9.65. The molecule has 0 spiro atoms. The summed E-state index contributed by atoms with van der Waals surface area (Å²) in [4.78, 5) is 5.11. The lowest BCUT2D eigenvalue weighted by Gasteiger charge is -2.46. The van der Waals surface area contributed by atoms with E-state index in [1.165, 1.54) is 25.8 Å². The molecule has 2 aliphatic heterocycles. The van der Waals surface area contributed by atoms with Crippen LogP contribution in [0.25, 0.3) is 0 Å². The molecule has 2 fully saturated rings. The predicted octanol–water partition coefficient (Wildman–Crippen LogP) is 3.28. The Hall–Kier alpha value is -0.770. The first kappa shape index (κ1) is 14.2. The number of rotatable bonds is 2. The van der Waals surface area contributed by atoms with E-state index < -0.39 is 0 Å². The SMILES string of the molecule is CC(c1cc(Cl)ccc1O)N1CCN2CCCCC2C1. The molecule has 0 amide bonds. The number of fused-ring (bicyclic) bond motifs is 1. The number of hydrogen-bond donors (Lipinski definition) is 1.